The molecule has 4 nitrogen and oxygen atoms in total. The molecule has 0 saturated heterocycles. The summed E-state index contributed by atoms with van der Waals surface area (Å²) in [6, 6.07) is 9.27. The van der Waals surface area contributed by atoms with Gasteiger partial charge in [-0.15, -0.1) is 0 Å². The zero-order chi connectivity index (χ0) is 14.0. The number of ether oxygens (including phenoxy) is 1. The number of benzene rings is 1. The van der Waals surface area contributed by atoms with E-state index in [1.807, 2.05) is 18.2 Å². The van der Waals surface area contributed by atoms with E-state index in [2.05, 4.69) is 18.8 Å². The molecule has 0 amide bonds. The third kappa shape index (κ3) is 2.62. The van der Waals surface area contributed by atoms with Crippen LogP contribution in [0.4, 0.5) is 0 Å². The summed E-state index contributed by atoms with van der Waals surface area (Å²) in [6.07, 6.45) is 0. The Bertz CT molecular complexity index is 599. The first-order valence-corrected chi connectivity index (χ1v) is 6.13. The van der Waals surface area contributed by atoms with Crippen molar-refractivity contribution in [2.24, 2.45) is 0 Å². The van der Waals surface area contributed by atoms with Gasteiger partial charge in [0.25, 0.3) is 0 Å². The van der Waals surface area contributed by atoms with Crippen LogP contribution in [-0.4, -0.2) is 23.2 Å². The maximum absolute atomic E-state index is 10.9. The number of carboxylic acids is 1. The molecule has 0 spiro atoms. The van der Waals surface area contributed by atoms with E-state index >= 15 is 0 Å². The molecule has 0 bridgehead atoms. The molecule has 1 aromatic heterocycles. The lowest BCUT2D eigenvalue weighted by Gasteiger charge is -2.11. The average Bonchev–Trinajstić information content (AvgIpc) is 2.87. The summed E-state index contributed by atoms with van der Waals surface area (Å²) in [5.74, 6) is 0.159. The Balaban J connectivity index is 2.51. The molecule has 4 heteroatoms. The van der Waals surface area contributed by atoms with Crippen LogP contribution in [0, 0.1) is 0 Å². The van der Waals surface area contributed by atoms with Crippen molar-refractivity contribution in [3.8, 4) is 17.0 Å². The Hall–Kier alpha value is -2.23. The largest absolute Gasteiger partial charge is 0.496 e. The van der Waals surface area contributed by atoms with Gasteiger partial charge in [-0.3, -0.25) is 0 Å². The molecule has 0 saturated carbocycles. The second-order valence-corrected chi connectivity index (χ2v) is 4.71. The van der Waals surface area contributed by atoms with Gasteiger partial charge in [-0.25, -0.2) is 4.79 Å². The first-order chi connectivity index (χ1) is 9.02. The normalized spacial score (nSPS) is 10.7. The Morgan fingerprint density at radius 1 is 1.26 bits per heavy atom. The van der Waals surface area contributed by atoms with E-state index in [0.717, 1.165) is 17.0 Å². The molecule has 0 aliphatic carbocycles. The SMILES string of the molecule is COc1ccc(C(C)C)cc1-c1ccc(C(=O)O)[nH]1. The minimum atomic E-state index is -0.967. The number of rotatable bonds is 4. The molecule has 0 atom stereocenters. The molecule has 0 fully saturated rings. The highest BCUT2D eigenvalue weighted by atomic mass is 16.5. The van der Waals surface area contributed by atoms with Gasteiger partial charge in [0.15, 0.2) is 0 Å². The standard InChI is InChI=1S/C15H17NO3/c1-9(2)10-4-7-14(19-3)11(8-10)12-5-6-13(16-12)15(17)18/h4-9,16H,1-3H3,(H,17,18). The Morgan fingerprint density at radius 2 is 2.00 bits per heavy atom. The second kappa shape index (κ2) is 5.18. The third-order valence-electron chi connectivity index (χ3n) is 3.10. The van der Waals surface area contributed by atoms with E-state index < -0.39 is 5.97 Å². The number of methoxy groups -OCH3 is 1. The molecule has 2 rings (SSSR count). The van der Waals surface area contributed by atoms with Gasteiger partial charge in [0.05, 0.1) is 7.11 Å². The molecule has 0 radical (unpaired) electrons. The van der Waals surface area contributed by atoms with Crippen molar-refractivity contribution in [2.75, 3.05) is 7.11 Å². The summed E-state index contributed by atoms with van der Waals surface area (Å²) in [6.45, 7) is 4.23. The summed E-state index contributed by atoms with van der Waals surface area (Å²) in [7, 11) is 1.61. The van der Waals surface area contributed by atoms with E-state index in [1.165, 1.54) is 5.56 Å². The van der Waals surface area contributed by atoms with Gasteiger partial charge in [0.1, 0.15) is 11.4 Å². The Labute approximate surface area is 112 Å². The predicted octanol–water partition coefficient (Wildman–Crippen LogP) is 3.51. The van der Waals surface area contributed by atoms with Crippen LogP contribution in [0.3, 0.4) is 0 Å². The maximum Gasteiger partial charge on any atom is 0.352 e. The van der Waals surface area contributed by atoms with Crippen molar-refractivity contribution in [2.45, 2.75) is 19.8 Å². The van der Waals surface area contributed by atoms with Crippen molar-refractivity contribution in [1.82, 2.24) is 4.98 Å². The number of hydrogen-bond donors (Lipinski definition) is 2. The number of carbonyl (C=O) groups is 1. The highest BCUT2D eigenvalue weighted by molar-refractivity contribution is 5.87. The lowest BCUT2D eigenvalue weighted by Crippen LogP contribution is -1.96. The van der Waals surface area contributed by atoms with E-state index in [-0.39, 0.29) is 5.69 Å². The number of carboxylic acid groups (broad SMARTS) is 1. The summed E-state index contributed by atoms with van der Waals surface area (Å²) in [5, 5.41) is 8.95. The van der Waals surface area contributed by atoms with Gasteiger partial charge in [-0.2, -0.15) is 0 Å². The van der Waals surface area contributed by atoms with E-state index in [9.17, 15) is 4.79 Å². The Morgan fingerprint density at radius 3 is 2.53 bits per heavy atom. The predicted molar refractivity (Wildman–Crippen MR) is 73.8 cm³/mol. The van der Waals surface area contributed by atoms with Crippen LogP contribution in [-0.2, 0) is 0 Å². The fraction of sp³-hybridized carbons (Fsp3) is 0.267. The molecule has 0 aliphatic heterocycles. The van der Waals surface area contributed by atoms with Crippen LogP contribution in [0.2, 0.25) is 0 Å². The van der Waals surface area contributed by atoms with Crippen molar-refractivity contribution in [1.29, 1.82) is 0 Å². The fourth-order valence-electron chi connectivity index (χ4n) is 1.97. The smallest absolute Gasteiger partial charge is 0.352 e. The van der Waals surface area contributed by atoms with Crippen LogP contribution in [0.15, 0.2) is 30.3 Å². The molecule has 1 heterocycles. The topological polar surface area (TPSA) is 62.3 Å². The van der Waals surface area contributed by atoms with Crippen LogP contribution < -0.4 is 4.74 Å². The molecule has 0 unspecified atom stereocenters. The van der Waals surface area contributed by atoms with E-state index in [0.29, 0.717) is 5.92 Å². The van der Waals surface area contributed by atoms with E-state index in [4.69, 9.17) is 9.84 Å². The molecule has 19 heavy (non-hydrogen) atoms. The minimum Gasteiger partial charge on any atom is -0.496 e. The third-order valence-corrected chi connectivity index (χ3v) is 3.10. The first kappa shape index (κ1) is 13.2. The van der Waals surface area contributed by atoms with Crippen molar-refractivity contribution in [3.05, 3.63) is 41.6 Å². The highest BCUT2D eigenvalue weighted by Gasteiger charge is 2.12. The molecule has 1 aromatic carbocycles. The van der Waals surface area contributed by atoms with Crippen molar-refractivity contribution < 1.29 is 14.6 Å². The molecule has 2 N–H and O–H groups in total. The minimum absolute atomic E-state index is 0.173. The number of hydrogen-bond acceptors (Lipinski definition) is 2. The first-order valence-electron chi connectivity index (χ1n) is 6.13. The molecule has 0 aliphatic rings. The summed E-state index contributed by atoms with van der Waals surface area (Å²) >= 11 is 0. The van der Waals surface area contributed by atoms with Gasteiger partial charge in [-0.1, -0.05) is 19.9 Å². The lowest BCUT2D eigenvalue weighted by molar-refractivity contribution is 0.0691. The summed E-state index contributed by atoms with van der Waals surface area (Å²) < 4.78 is 5.34. The number of nitrogens with one attached hydrogen (secondary N) is 1. The second-order valence-electron chi connectivity index (χ2n) is 4.71. The maximum atomic E-state index is 10.9. The lowest BCUT2D eigenvalue weighted by atomic mass is 9.99. The molecular formula is C15H17NO3. The molecule has 100 valence electrons. The Kier molecular flexibility index (Phi) is 3.60. The van der Waals surface area contributed by atoms with E-state index in [1.54, 1.807) is 19.2 Å². The van der Waals surface area contributed by atoms with Gasteiger partial charge in [0, 0.05) is 11.3 Å². The van der Waals surface area contributed by atoms with Crippen molar-refractivity contribution >= 4 is 5.97 Å². The monoisotopic (exact) mass is 259 g/mol. The molecule has 2 aromatic rings. The van der Waals surface area contributed by atoms with Gasteiger partial charge in [0.2, 0.25) is 0 Å². The van der Waals surface area contributed by atoms with Crippen LogP contribution in [0.5, 0.6) is 5.75 Å². The van der Waals surface area contributed by atoms with Gasteiger partial charge >= 0.3 is 5.97 Å². The van der Waals surface area contributed by atoms with Crippen LogP contribution in [0.1, 0.15) is 35.8 Å². The summed E-state index contributed by atoms with van der Waals surface area (Å²) in [5.41, 5.74) is 2.98. The molecular weight excluding hydrogens is 242 g/mol. The quantitative estimate of drug-likeness (QED) is 0.883. The van der Waals surface area contributed by atoms with Gasteiger partial charge < -0.3 is 14.8 Å². The number of H-pyrrole nitrogens is 1. The zero-order valence-corrected chi connectivity index (χ0v) is 11.2. The average molecular weight is 259 g/mol. The number of aromatic carboxylic acids is 1. The number of aromatic amines is 1. The van der Waals surface area contributed by atoms with Gasteiger partial charge in [-0.05, 0) is 35.7 Å². The van der Waals surface area contributed by atoms with Crippen molar-refractivity contribution in [3.63, 3.8) is 0 Å². The fourth-order valence-corrected chi connectivity index (χ4v) is 1.97. The highest BCUT2D eigenvalue weighted by Crippen LogP contribution is 2.32. The zero-order valence-electron chi connectivity index (χ0n) is 11.2. The summed E-state index contributed by atoms with van der Waals surface area (Å²) in [4.78, 5) is 13.8. The van der Waals surface area contributed by atoms with Crippen LogP contribution >= 0.6 is 0 Å². The number of aromatic nitrogens is 1. The van der Waals surface area contributed by atoms with Crippen LogP contribution in [0.25, 0.3) is 11.3 Å².